The number of carbonyl (C=O) groups excluding carboxylic acids is 4. The molecular weight excluding hydrogens is 496 g/mol. The van der Waals surface area contributed by atoms with E-state index in [0.717, 1.165) is 24.7 Å². The summed E-state index contributed by atoms with van der Waals surface area (Å²) in [5.74, 6) is -0.488. The number of fused-ring (bicyclic) bond motifs is 1. The number of ketones is 1. The number of nitrogens with two attached hydrogens (primary N) is 1. The van der Waals surface area contributed by atoms with E-state index in [9.17, 15) is 24.0 Å². The summed E-state index contributed by atoms with van der Waals surface area (Å²) in [6.07, 6.45) is 2.92. The van der Waals surface area contributed by atoms with Crippen LogP contribution in [-0.4, -0.2) is 59.7 Å². The fourth-order valence-corrected chi connectivity index (χ4v) is 3.45. The maximum absolute atomic E-state index is 11.8. The molecule has 10 heteroatoms. The molecule has 1 aromatic carbocycles. The zero-order valence-electron chi connectivity index (χ0n) is 23.1. The number of aromatic nitrogens is 1. The van der Waals surface area contributed by atoms with Gasteiger partial charge in [-0.2, -0.15) is 12.6 Å². The van der Waals surface area contributed by atoms with Crippen molar-refractivity contribution in [1.82, 2.24) is 4.57 Å². The normalized spacial score (nSPS) is 11.7. The molecule has 0 bridgehead atoms. The first-order chi connectivity index (χ1) is 17.3. The number of carboxylic acid groups (broad SMARTS) is 1. The van der Waals surface area contributed by atoms with Crippen LogP contribution in [0.1, 0.15) is 57.1 Å². The summed E-state index contributed by atoms with van der Waals surface area (Å²) in [7, 11) is 3.26. The van der Waals surface area contributed by atoms with Crippen LogP contribution >= 0.6 is 12.6 Å². The summed E-state index contributed by atoms with van der Waals surface area (Å²) in [6, 6.07) is 5.05. The van der Waals surface area contributed by atoms with Crippen molar-refractivity contribution in [2.24, 2.45) is 30.0 Å². The highest BCUT2D eigenvalue weighted by Crippen LogP contribution is 2.33. The Bertz CT molecular complexity index is 1030. The Morgan fingerprint density at radius 2 is 1.70 bits per heavy atom. The molecule has 0 radical (unpaired) electrons. The Balaban J connectivity index is 0. The van der Waals surface area contributed by atoms with Crippen LogP contribution in [0.15, 0.2) is 18.2 Å². The summed E-state index contributed by atoms with van der Waals surface area (Å²) in [5.41, 5.74) is 6.01. The molecule has 0 aliphatic rings. The van der Waals surface area contributed by atoms with Crippen LogP contribution in [0, 0.1) is 24.2 Å². The molecular formula is C27H42N2O7S. The summed E-state index contributed by atoms with van der Waals surface area (Å²) in [4.78, 5) is 54.1. The third-order valence-electron chi connectivity index (χ3n) is 5.70. The molecule has 2 aromatic rings. The van der Waals surface area contributed by atoms with Crippen LogP contribution in [0.3, 0.4) is 0 Å². The van der Waals surface area contributed by atoms with Gasteiger partial charge in [0, 0.05) is 24.6 Å². The summed E-state index contributed by atoms with van der Waals surface area (Å²) in [5, 5.41) is 9.14. The molecule has 208 valence electrons. The van der Waals surface area contributed by atoms with Gasteiger partial charge in [0.2, 0.25) is 5.78 Å². The van der Waals surface area contributed by atoms with Crippen molar-refractivity contribution >= 4 is 54.1 Å². The third kappa shape index (κ3) is 11.3. The number of carbonyl (C=O) groups is 5. The second kappa shape index (κ2) is 18.3. The van der Waals surface area contributed by atoms with E-state index >= 15 is 0 Å². The molecule has 0 saturated carbocycles. The van der Waals surface area contributed by atoms with Gasteiger partial charge in [-0.15, -0.1) is 0 Å². The van der Waals surface area contributed by atoms with Gasteiger partial charge in [-0.1, -0.05) is 40.7 Å². The van der Waals surface area contributed by atoms with Gasteiger partial charge in [-0.3, -0.25) is 9.59 Å². The maximum atomic E-state index is 11.8. The molecule has 1 aromatic heterocycles. The smallest absolute Gasteiger partial charge is 0.341 e. The fourth-order valence-electron chi connectivity index (χ4n) is 3.45. The fraction of sp³-hybridized carbons (Fsp3) is 0.519. The number of thiol groups is 1. The number of hydrogen-bond acceptors (Lipinski definition) is 8. The lowest BCUT2D eigenvalue weighted by Gasteiger charge is -2.29. The summed E-state index contributed by atoms with van der Waals surface area (Å²) >= 11 is 3.79. The average Bonchev–Trinajstić information content (AvgIpc) is 3.13. The lowest BCUT2D eigenvalue weighted by molar-refractivity contribution is -0.139. The summed E-state index contributed by atoms with van der Waals surface area (Å²) in [6.45, 7) is 11.0. The van der Waals surface area contributed by atoms with Crippen molar-refractivity contribution < 1.29 is 33.8 Å². The van der Waals surface area contributed by atoms with Gasteiger partial charge in [0.05, 0.1) is 16.5 Å². The Hall–Kier alpha value is -2.98. The molecule has 9 nitrogen and oxygen atoms in total. The highest BCUT2D eigenvalue weighted by molar-refractivity contribution is 7.80. The first kappa shape index (κ1) is 36.2. The number of benzene rings is 1. The van der Waals surface area contributed by atoms with Crippen molar-refractivity contribution in [1.29, 1.82) is 0 Å². The van der Waals surface area contributed by atoms with Crippen LogP contribution in [-0.2, 0) is 26.2 Å². The minimum Gasteiger partial charge on any atom is -0.481 e. The van der Waals surface area contributed by atoms with Crippen molar-refractivity contribution in [2.75, 3.05) is 19.4 Å². The van der Waals surface area contributed by atoms with Crippen molar-refractivity contribution in [3.05, 3.63) is 29.5 Å². The monoisotopic (exact) mass is 538 g/mol. The molecule has 3 N–H and O–H groups in total. The van der Waals surface area contributed by atoms with E-state index < -0.39 is 18.4 Å². The van der Waals surface area contributed by atoms with Gasteiger partial charge in [0.15, 0.2) is 12.9 Å². The van der Waals surface area contributed by atoms with E-state index in [2.05, 4.69) is 18.4 Å². The van der Waals surface area contributed by atoms with Crippen LogP contribution in [0.5, 0.6) is 5.75 Å². The molecule has 37 heavy (non-hydrogen) atoms. The molecule has 0 aliphatic heterocycles. The van der Waals surface area contributed by atoms with Gasteiger partial charge in [-0.05, 0) is 43.7 Å². The van der Waals surface area contributed by atoms with E-state index in [0.29, 0.717) is 16.6 Å². The number of hydrogen-bond donors (Lipinski definition) is 3. The largest absolute Gasteiger partial charge is 0.481 e. The Kier molecular flexibility index (Phi) is 17.9. The van der Waals surface area contributed by atoms with Crippen molar-refractivity contribution in [3.63, 3.8) is 0 Å². The quantitative estimate of drug-likeness (QED) is 0.179. The number of carboxylic acids is 1. The number of rotatable bonds is 10. The predicted molar refractivity (Wildman–Crippen MR) is 150 cm³/mol. The molecule has 2 unspecified atom stereocenters. The number of aryl methyl sites for hydroxylation is 1. The number of nitrogens with zero attached hydrogens (tertiary/aromatic N) is 1. The molecule has 0 aliphatic carbocycles. The van der Waals surface area contributed by atoms with Crippen LogP contribution < -0.4 is 10.5 Å². The van der Waals surface area contributed by atoms with Crippen molar-refractivity contribution in [3.8, 4) is 5.75 Å². The first-order valence-corrected chi connectivity index (χ1v) is 12.5. The minimum absolute atomic E-state index is 0.0138. The van der Waals surface area contributed by atoms with Crippen LogP contribution in [0.4, 0.5) is 0 Å². The zero-order valence-corrected chi connectivity index (χ0v) is 24.0. The third-order valence-corrected chi connectivity index (χ3v) is 5.70. The van der Waals surface area contributed by atoms with Gasteiger partial charge in [0.1, 0.15) is 18.3 Å². The van der Waals surface area contributed by atoms with Crippen LogP contribution in [0.2, 0.25) is 0 Å². The lowest BCUT2D eigenvalue weighted by atomic mass is 9.75. The van der Waals surface area contributed by atoms with Gasteiger partial charge in [0.25, 0.3) is 0 Å². The number of Topliss-reactive ketones (excluding diaryl/α,β-unsaturated/α-hetero) is 1. The van der Waals surface area contributed by atoms with Gasteiger partial charge < -0.3 is 29.7 Å². The number of ether oxygens (including phenoxy) is 1. The molecule has 2 atom stereocenters. The van der Waals surface area contributed by atoms with Gasteiger partial charge in [-0.25, -0.2) is 4.79 Å². The highest BCUT2D eigenvalue weighted by Gasteiger charge is 2.27. The summed E-state index contributed by atoms with van der Waals surface area (Å²) < 4.78 is 6.97. The first-order valence-electron chi connectivity index (χ1n) is 11.8. The maximum Gasteiger partial charge on any atom is 0.341 e. The number of aliphatic carboxylic acids is 1. The van der Waals surface area contributed by atoms with Crippen molar-refractivity contribution in [2.45, 2.75) is 48.0 Å². The second-order valence-electron chi connectivity index (χ2n) is 8.88. The molecule has 1 heterocycles. The van der Waals surface area contributed by atoms with E-state index in [-0.39, 0.29) is 34.8 Å². The predicted octanol–water partition coefficient (Wildman–Crippen LogP) is 3.92. The number of aldehydes is 3. The SMILES string of the molecule is CC(C=O)CC(C)(C)C(C)C=O.CCS.CN.Cc1c(C(=O)C=O)c2c(OCC(=O)O)cccc2n1C. The molecule has 0 saturated heterocycles. The Labute approximate surface area is 225 Å². The Morgan fingerprint density at radius 3 is 2.14 bits per heavy atom. The molecule has 0 spiro atoms. The Morgan fingerprint density at radius 1 is 1.16 bits per heavy atom. The van der Waals surface area contributed by atoms with Crippen LogP contribution in [0.25, 0.3) is 10.9 Å². The second-order valence-corrected chi connectivity index (χ2v) is 9.51. The van der Waals surface area contributed by atoms with Gasteiger partial charge >= 0.3 is 5.97 Å². The zero-order chi connectivity index (χ0) is 29.3. The van der Waals surface area contributed by atoms with E-state index in [1.165, 1.54) is 7.05 Å². The van der Waals surface area contributed by atoms with E-state index in [1.807, 2.05) is 34.6 Å². The highest BCUT2D eigenvalue weighted by atomic mass is 32.1. The van der Waals surface area contributed by atoms with E-state index in [4.69, 9.17) is 9.84 Å². The minimum atomic E-state index is -1.11. The standard InChI is InChI=1S/C14H13NO5.C10H18O2.C2H6S.CH5N/c1-8-13(10(17)6-16)14-9(15(8)2)4-3-5-11(14)20-7-12(18)19;1-8(6-11)5-10(3,4)9(2)7-12;1-2-3;1-2/h3-6H,7H2,1-2H3,(H,18,19);6-9H,5H2,1-4H3;3H,2H2,1H3;2H2,1H3. The molecule has 0 fully saturated rings. The lowest BCUT2D eigenvalue weighted by Crippen LogP contribution is -2.25. The topological polar surface area (TPSA) is 146 Å². The molecule has 0 amide bonds. The molecule has 2 rings (SSSR count). The average molecular weight is 539 g/mol. The van der Waals surface area contributed by atoms with E-state index in [1.54, 1.807) is 36.7 Å².